The van der Waals surface area contributed by atoms with Crippen molar-refractivity contribution in [3.8, 4) is 0 Å². The van der Waals surface area contributed by atoms with Gasteiger partial charge < -0.3 is 19.9 Å². The maximum atomic E-state index is 13.6. The van der Waals surface area contributed by atoms with Gasteiger partial charge in [-0.15, -0.1) is 0 Å². The van der Waals surface area contributed by atoms with Crippen LogP contribution in [0.1, 0.15) is 43.5 Å². The van der Waals surface area contributed by atoms with Crippen LogP contribution in [0, 0.1) is 0 Å². The van der Waals surface area contributed by atoms with E-state index in [2.05, 4.69) is 5.32 Å². The Balaban J connectivity index is 1.79. The first-order valence-electron chi connectivity index (χ1n) is 11.5. The van der Waals surface area contributed by atoms with Gasteiger partial charge in [-0.3, -0.25) is 4.79 Å². The highest BCUT2D eigenvalue weighted by Gasteiger charge is 2.54. The van der Waals surface area contributed by atoms with Crippen molar-refractivity contribution in [2.24, 2.45) is 0 Å². The average molecular weight is 486 g/mol. The molecule has 1 aliphatic rings. The van der Waals surface area contributed by atoms with E-state index in [-0.39, 0.29) is 11.1 Å². The normalized spacial score (nSPS) is 18.4. The molecule has 0 bridgehead atoms. The molecule has 7 heteroatoms. The van der Waals surface area contributed by atoms with Crippen LogP contribution in [-0.4, -0.2) is 34.3 Å². The minimum Gasteiger partial charge on any atom is -0.458 e. The van der Waals surface area contributed by atoms with Gasteiger partial charge in [-0.05, 0) is 37.5 Å². The first kappa shape index (κ1) is 24.9. The third-order valence-electron chi connectivity index (χ3n) is 5.52. The number of benzene rings is 3. The molecule has 1 heterocycles. The van der Waals surface area contributed by atoms with Crippen LogP contribution in [0.5, 0.6) is 0 Å². The lowest BCUT2D eigenvalue weighted by Crippen LogP contribution is -2.51. The topological polar surface area (TPSA) is 102 Å². The van der Waals surface area contributed by atoms with Crippen molar-refractivity contribution in [2.45, 2.75) is 38.2 Å². The zero-order valence-electron chi connectivity index (χ0n) is 20.2. The predicted molar refractivity (Wildman–Crippen MR) is 134 cm³/mol. The molecular weight excluding hydrogens is 458 g/mol. The molecular formula is C29H27NO6. The highest BCUT2D eigenvalue weighted by atomic mass is 16.7. The molecule has 0 saturated heterocycles. The number of nitrogens with one attached hydrogen (secondary N) is 1. The van der Waals surface area contributed by atoms with E-state index in [1.54, 1.807) is 112 Å². The van der Waals surface area contributed by atoms with Crippen molar-refractivity contribution in [1.29, 1.82) is 0 Å². The Morgan fingerprint density at radius 2 is 1.36 bits per heavy atom. The van der Waals surface area contributed by atoms with E-state index >= 15 is 0 Å². The molecule has 0 spiro atoms. The monoisotopic (exact) mass is 485 g/mol. The second-order valence-electron chi connectivity index (χ2n) is 9.37. The Hall–Kier alpha value is -4.23. The average Bonchev–Trinajstić information content (AvgIpc) is 3.14. The smallest absolute Gasteiger partial charge is 0.342 e. The van der Waals surface area contributed by atoms with E-state index in [1.165, 1.54) is 0 Å². The van der Waals surface area contributed by atoms with Crippen LogP contribution in [0.2, 0.25) is 0 Å². The Morgan fingerprint density at radius 1 is 0.861 bits per heavy atom. The molecule has 0 aliphatic carbocycles. The lowest BCUT2D eigenvalue weighted by atomic mass is 9.90. The highest BCUT2D eigenvalue weighted by Crippen LogP contribution is 2.43. The van der Waals surface area contributed by atoms with E-state index < -0.39 is 35.3 Å². The zero-order chi connectivity index (χ0) is 25.9. The van der Waals surface area contributed by atoms with Crippen LogP contribution in [0.3, 0.4) is 0 Å². The van der Waals surface area contributed by atoms with Crippen LogP contribution in [0.15, 0.2) is 91.0 Å². The summed E-state index contributed by atoms with van der Waals surface area (Å²) in [6, 6.07) is 24.5. The summed E-state index contributed by atoms with van der Waals surface area (Å²) in [6.45, 7) is 5.14. The highest BCUT2D eigenvalue weighted by molar-refractivity contribution is 6.31. The fraction of sp³-hybridized carbons (Fsp3) is 0.207. The zero-order valence-corrected chi connectivity index (χ0v) is 20.2. The molecule has 1 aliphatic heterocycles. The number of ether oxygens (including phenoxy) is 2. The Morgan fingerprint density at radius 3 is 1.89 bits per heavy atom. The summed E-state index contributed by atoms with van der Waals surface area (Å²) >= 11 is 0. The number of hydrogen-bond acceptors (Lipinski definition) is 6. The number of carbonyl (C=O) groups excluding carboxylic acids is 3. The van der Waals surface area contributed by atoms with Gasteiger partial charge in [0.05, 0.1) is 11.1 Å². The molecule has 2 unspecified atom stereocenters. The third-order valence-corrected chi connectivity index (χ3v) is 5.52. The van der Waals surface area contributed by atoms with Gasteiger partial charge in [-0.2, -0.15) is 0 Å². The van der Waals surface area contributed by atoms with Crippen molar-refractivity contribution in [1.82, 2.24) is 5.32 Å². The SMILES string of the molecule is CC(C)(C)OC(=O)C(NC(=O)C1(O)OC(=O)C(c2ccccc2)=C1c1ccccc1)c1ccccc1. The maximum Gasteiger partial charge on any atom is 0.342 e. The van der Waals surface area contributed by atoms with E-state index in [1.807, 2.05) is 0 Å². The Bertz CT molecular complexity index is 1300. The molecule has 3 aromatic rings. The Labute approximate surface area is 209 Å². The van der Waals surface area contributed by atoms with Gasteiger partial charge in [0.2, 0.25) is 0 Å². The van der Waals surface area contributed by atoms with Crippen LogP contribution in [0.25, 0.3) is 11.1 Å². The van der Waals surface area contributed by atoms with Crippen molar-refractivity contribution in [2.75, 3.05) is 0 Å². The molecule has 3 aromatic carbocycles. The second kappa shape index (κ2) is 9.79. The van der Waals surface area contributed by atoms with Crippen molar-refractivity contribution < 1.29 is 29.0 Å². The first-order chi connectivity index (χ1) is 17.1. The maximum absolute atomic E-state index is 13.6. The van der Waals surface area contributed by atoms with Gasteiger partial charge in [0, 0.05) is 0 Å². The van der Waals surface area contributed by atoms with Crippen molar-refractivity contribution in [3.63, 3.8) is 0 Å². The number of amides is 1. The number of cyclic esters (lactones) is 1. The number of carbonyl (C=O) groups is 3. The molecule has 184 valence electrons. The molecule has 0 fully saturated rings. The van der Waals surface area contributed by atoms with E-state index in [0.717, 1.165) is 0 Å². The van der Waals surface area contributed by atoms with Crippen LogP contribution in [0.4, 0.5) is 0 Å². The third kappa shape index (κ3) is 5.06. The number of rotatable bonds is 6. The van der Waals surface area contributed by atoms with Crippen LogP contribution in [-0.2, 0) is 23.9 Å². The van der Waals surface area contributed by atoms with E-state index in [9.17, 15) is 19.5 Å². The summed E-state index contributed by atoms with van der Waals surface area (Å²) in [5.41, 5.74) is 0.591. The molecule has 0 saturated carbocycles. The molecule has 1 amide bonds. The first-order valence-corrected chi connectivity index (χ1v) is 11.5. The lowest BCUT2D eigenvalue weighted by molar-refractivity contribution is -0.186. The number of esters is 2. The fourth-order valence-electron chi connectivity index (χ4n) is 3.99. The molecule has 4 rings (SSSR count). The summed E-state index contributed by atoms with van der Waals surface area (Å²) in [6.07, 6.45) is 0. The lowest BCUT2D eigenvalue weighted by Gasteiger charge is -2.28. The minimum absolute atomic E-state index is 0.00667. The molecule has 2 N–H and O–H groups in total. The number of hydrogen-bond donors (Lipinski definition) is 2. The summed E-state index contributed by atoms with van der Waals surface area (Å²) < 4.78 is 10.9. The van der Waals surface area contributed by atoms with Gasteiger partial charge in [0.25, 0.3) is 5.91 Å². The van der Waals surface area contributed by atoms with Gasteiger partial charge >= 0.3 is 17.7 Å². The van der Waals surface area contributed by atoms with Crippen molar-refractivity contribution in [3.05, 3.63) is 108 Å². The predicted octanol–water partition coefficient (Wildman–Crippen LogP) is 4.04. The Kier molecular flexibility index (Phi) is 6.77. The van der Waals surface area contributed by atoms with Crippen LogP contribution >= 0.6 is 0 Å². The molecule has 0 radical (unpaired) electrons. The van der Waals surface area contributed by atoms with Gasteiger partial charge in [0.1, 0.15) is 5.60 Å². The van der Waals surface area contributed by atoms with E-state index in [4.69, 9.17) is 9.47 Å². The molecule has 2 atom stereocenters. The molecule has 0 aromatic heterocycles. The largest absolute Gasteiger partial charge is 0.458 e. The summed E-state index contributed by atoms with van der Waals surface area (Å²) in [4.78, 5) is 39.8. The number of aliphatic hydroxyl groups is 1. The van der Waals surface area contributed by atoms with Crippen molar-refractivity contribution >= 4 is 29.0 Å². The van der Waals surface area contributed by atoms with Crippen LogP contribution < -0.4 is 5.32 Å². The second-order valence-corrected chi connectivity index (χ2v) is 9.37. The molecule has 36 heavy (non-hydrogen) atoms. The summed E-state index contributed by atoms with van der Waals surface area (Å²) in [5, 5.41) is 14.2. The fourth-order valence-corrected chi connectivity index (χ4v) is 3.99. The van der Waals surface area contributed by atoms with Gasteiger partial charge in [-0.25, -0.2) is 9.59 Å². The van der Waals surface area contributed by atoms with Gasteiger partial charge in [-0.1, -0.05) is 91.0 Å². The quantitative estimate of drug-likeness (QED) is 0.511. The van der Waals surface area contributed by atoms with E-state index in [0.29, 0.717) is 16.7 Å². The molecule has 7 nitrogen and oxygen atoms in total. The van der Waals surface area contributed by atoms with Gasteiger partial charge in [0.15, 0.2) is 6.04 Å². The minimum atomic E-state index is -2.68. The summed E-state index contributed by atoms with van der Waals surface area (Å²) in [7, 11) is 0. The summed E-state index contributed by atoms with van der Waals surface area (Å²) in [5.74, 6) is -5.33. The standard InChI is InChI=1S/C29H27NO6/c1-28(2,3)35-26(32)24(21-17-11-6-12-18-21)30-27(33)29(34)23(20-15-9-5-10-16-20)22(25(31)36-29)19-13-7-4-8-14-19/h4-18,24,34H,1-3H3,(H,30,33).